The Morgan fingerprint density at radius 1 is 1.29 bits per heavy atom. The summed E-state index contributed by atoms with van der Waals surface area (Å²) in [6.45, 7) is 2.35. The third-order valence-corrected chi connectivity index (χ3v) is 5.66. The summed E-state index contributed by atoms with van der Waals surface area (Å²) < 4.78 is 13.0. The van der Waals surface area contributed by atoms with E-state index in [0.29, 0.717) is 11.7 Å². The second-order valence-electron chi connectivity index (χ2n) is 5.21. The average molecular weight is 361 g/mol. The van der Waals surface area contributed by atoms with Crippen molar-refractivity contribution in [2.75, 3.05) is 0 Å². The van der Waals surface area contributed by atoms with Crippen molar-refractivity contribution >= 4 is 40.4 Å². The summed E-state index contributed by atoms with van der Waals surface area (Å²) in [5, 5.41) is 10.7. The predicted molar refractivity (Wildman–Crippen MR) is 98.0 cm³/mol. The molecule has 1 atom stereocenters. The van der Waals surface area contributed by atoms with Crippen molar-refractivity contribution in [1.82, 2.24) is 4.90 Å². The zero-order chi connectivity index (χ0) is 16.9. The maximum atomic E-state index is 13.0. The molecule has 2 heterocycles. The van der Waals surface area contributed by atoms with Crippen molar-refractivity contribution in [1.29, 1.82) is 0 Å². The zero-order valence-electron chi connectivity index (χ0n) is 13.1. The van der Waals surface area contributed by atoms with Crippen LogP contribution in [0.1, 0.15) is 23.8 Å². The predicted octanol–water partition coefficient (Wildman–Crippen LogP) is 4.13. The number of nitrogens with zero attached hydrogens (tertiary/aromatic N) is 3. The van der Waals surface area contributed by atoms with Gasteiger partial charge in [0.15, 0.2) is 5.17 Å². The van der Waals surface area contributed by atoms with Crippen LogP contribution in [0.4, 0.5) is 4.39 Å². The number of halogens is 1. The molecule has 4 nitrogen and oxygen atoms in total. The van der Waals surface area contributed by atoms with Crippen LogP contribution in [-0.2, 0) is 11.3 Å². The number of hydrogen-bond acceptors (Lipinski definition) is 5. The summed E-state index contributed by atoms with van der Waals surface area (Å²) in [6.07, 6.45) is 2.41. The van der Waals surface area contributed by atoms with Gasteiger partial charge in [0, 0.05) is 4.88 Å². The van der Waals surface area contributed by atoms with E-state index >= 15 is 0 Å². The van der Waals surface area contributed by atoms with Crippen LogP contribution < -0.4 is 0 Å². The maximum absolute atomic E-state index is 13.0. The van der Waals surface area contributed by atoms with Crippen molar-refractivity contribution < 1.29 is 9.18 Å². The molecule has 0 spiro atoms. The van der Waals surface area contributed by atoms with E-state index in [1.807, 2.05) is 24.4 Å². The molecular formula is C17H16FN3OS2. The normalized spacial score (nSPS) is 19.8. The van der Waals surface area contributed by atoms with Crippen LogP contribution >= 0.6 is 23.1 Å². The Morgan fingerprint density at radius 2 is 2.08 bits per heavy atom. The number of rotatable bonds is 5. The summed E-state index contributed by atoms with van der Waals surface area (Å²) in [6, 6.07) is 10.0. The van der Waals surface area contributed by atoms with E-state index in [0.717, 1.165) is 16.9 Å². The Kier molecular flexibility index (Phi) is 5.42. The van der Waals surface area contributed by atoms with Gasteiger partial charge < -0.3 is 0 Å². The molecule has 1 aliphatic rings. The number of carbonyl (C=O) groups is 1. The molecule has 1 aromatic heterocycles. The summed E-state index contributed by atoms with van der Waals surface area (Å²) in [5.41, 5.74) is 0.858. The van der Waals surface area contributed by atoms with Gasteiger partial charge >= 0.3 is 0 Å². The standard InChI is InChI=1S/C17H16FN3OS2/c1-2-15-16(22)21(11-12-5-7-13(18)8-6-12)17(24-15)20-19-10-14-4-3-9-23-14/h3-10,15H,2,11H2,1H3. The minimum absolute atomic E-state index is 0.0249. The van der Waals surface area contributed by atoms with E-state index in [4.69, 9.17) is 0 Å². The van der Waals surface area contributed by atoms with Gasteiger partial charge in [0.25, 0.3) is 0 Å². The molecule has 0 radical (unpaired) electrons. The number of thioether (sulfide) groups is 1. The van der Waals surface area contributed by atoms with Crippen molar-refractivity contribution in [3.63, 3.8) is 0 Å². The van der Waals surface area contributed by atoms with Crippen LogP contribution in [0.5, 0.6) is 0 Å². The highest BCUT2D eigenvalue weighted by atomic mass is 32.2. The monoisotopic (exact) mass is 361 g/mol. The average Bonchev–Trinajstić information content (AvgIpc) is 3.20. The van der Waals surface area contributed by atoms with E-state index in [1.165, 1.54) is 23.9 Å². The van der Waals surface area contributed by atoms with Gasteiger partial charge in [-0.2, -0.15) is 5.10 Å². The lowest BCUT2D eigenvalue weighted by Crippen LogP contribution is -2.31. The smallest absolute Gasteiger partial charge is 0.242 e. The summed E-state index contributed by atoms with van der Waals surface area (Å²) in [4.78, 5) is 15.1. The lowest BCUT2D eigenvalue weighted by Gasteiger charge is -2.15. The molecule has 3 rings (SSSR count). The molecule has 2 aromatic rings. The number of carbonyl (C=O) groups excluding carboxylic acids is 1. The molecule has 0 bridgehead atoms. The quantitative estimate of drug-likeness (QED) is 0.594. The Bertz CT molecular complexity index is 757. The SMILES string of the molecule is CCC1SC(=NN=Cc2cccs2)N(Cc2ccc(F)cc2)C1=O. The van der Waals surface area contributed by atoms with Crippen molar-refractivity contribution in [3.05, 3.63) is 58.0 Å². The number of hydrogen-bond donors (Lipinski definition) is 0. The van der Waals surface area contributed by atoms with Gasteiger partial charge in [-0.3, -0.25) is 9.69 Å². The fourth-order valence-electron chi connectivity index (χ4n) is 2.26. The van der Waals surface area contributed by atoms with Crippen molar-refractivity contribution in [2.24, 2.45) is 10.2 Å². The van der Waals surface area contributed by atoms with E-state index in [2.05, 4.69) is 10.2 Å². The molecule has 1 aliphatic heterocycles. The first kappa shape index (κ1) is 16.9. The van der Waals surface area contributed by atoms with E-state index in [9.17, 15) is 9.18 Å². The fraction of sp³-hybridized carbons (Fsp3) is 0.235. The summed E-state index contributed by atoms with van der Waals surface area (Å²) in [7, 11) is 0. The first-order valence-electron chi connectivity index (χ1n) is 7.54. The van der Waals surface area contributed by atoms with Crippen LogP contribution in [0, 0.1) is 5.82 Å². The highest BCUT2D eigenvalue weighted by Gasteiger charge is 2.36. The second kappa shape index (κ2) is 7.72. The van der Waals surface area contributed by atoms with Crippen LogP contribution in [-0.4, -0.2) is 27.4 Å². The van der Waals surface area contributed by atoms with E-state index < -0.39 is 0 Å². The molecule has 1 aromatic carbocycles. The fourth-order valence-corrected chi connectivity index (χ4v) is 3.87. The molecule has 0 saturated carbocycles. The second-order valence-corrected chi connectivity index (χ2v) is 7.36. The van der Waals surface area contributed by atoms with Crippen molar-refractivity contribution in [3.8, 4) is 0 Å². The lowest BCUT2D eigenvalue weighted by atomic mass is 10.2. The third kappa shape index (κ3) is 3.91. The number of amidine groups is 1. The molecule has 1 unspecified atom stereocenters. The first-order chi connectivity index (χ1) is 11.7. The van der Waals surface area contributed by atoms with Gasteiger partial charge in [-0.25, -0.2) is 4.39 Å². The molecule has 0 aliphatic carbocycles. The largest absolute Gasteiger partial charge is 0.284 e. The summed E-state index contributed by atoms with van der Waals surface area (Å²) >= 11 is 3.00. The van der Waals surface area contributed by atoms with Crippen LogP contribution in [0.2, 0.25) is 0 Å². The van der Waals surface area contributed by atoms with Crippen LogP contribution in [0.3, 0.4) is 0 Å². The molecule has 24 heavy (non-hydrogen) atoms. The summed E-state index contributed by atoms with van der Waals surface area (Å²) in [5.74, 6) is -0.265. The zero-order valence-corrected chi connectivity index (χ0v) is 14.7. The highest BCUT2D eigenvalue weighted by Crippen LogP contribution is 2.30. The number of thiophene rings is 1. The first-order valence-corrected chi connectivity index (χ1v) is 9.30. The Balaban J connectivity index is 1.79. The topological polar surface area (TPSA) is 45.0 Å². The van der Waals surface area contributed by atoms with Gasteiger partial charge in [-0.15, -0.1) is 16.4 Å². The van der Waals surface area contributed by atoms with Crippen LogP contribution in [0.25, 0.3) is 0 Å². The third-order valence-electron chi connectivity index (χ3n) is 3.52. The minimum atomic E-state index is -0.290. The Morgan fingerprint density at radius 3 is 2.75 bits per heavy atom. The van der Waals surface area contributed by atoms with Crippen LogP contribution in [0.15, 0.2) is 52.0 Å². The molecular weight excluding hydrogens is 345 g/mol. The van der Waals surface area contributed by atoms with Gasteiger partial charge in [0.2, 0.25) is 5.91 Å². The number of amides is 1. The van der Waals surface area contributed by atoms with Gasteiger partial charge in [0.1, 0.15) is 5.82 Å². The lowest BCUT2D eigenvalue weighted by molar-refractivity contribution is -0.126. The molecule has 7 heteroatoms. The molecule has 1 saturated heterocycles. The van der Waals surface area contributed by atoms with Gasteiger partial charge in [-0.1, -0.05) is 36.9 Å². The molecule has 124 valence electrons. The van der Waals surface area contributed by atoms with E-state index in [1.54, 1.807) is 34.6 Å². The molecule has 1 fully saturated rings. The molecule has 1 amide bonds. The Hall–Kier alpha value is -1.99. The Labute approximate surface area is 148 Å². The maximum Gasteiger partial charge on any atom is 0.242 e. The van der Waals surface area contributed by atoms with E-state index in [-0.39, 0.29) is 17.0 Å². The highest BCUT2D eigenvalue weighted by molar-refractivity contribution is 8.15. The number of benzene rings is 1. The van der Waals surface area contributed by atoms with Gasteiger partial charge in [0.05, 0.1) is 18.0 Å². The van der Waals surface area contributed by atoms with Crippen molar-refractivity contribution in [2.45, 2.75) is 25.1 Å². The van der Waals surface area contributed by atoms with Gasteiger partial charge in [-0.05, 0) is 35.6 Å². The molecule has 0 N–H and O–H groups in total. The minimum Gasteiger partial charge on any atom is -0.284 e.